The van der Waals surface area contributed by atoms with Gasteiger partial charge in [0.15, 0.2) is 0 Å². The van der Waals surface area contributed by atoms with Gasteiger partial charge in [-0.3, -0.25) is 9.59 Å². The fraction of sp³-hybridized carbons (Fsp3) is 0.375. The lowest BCUT2D eigenvalue weighted by Crippen LogP contribution is -2.39. The number of amides is 1. The van der Waals surface area contributed by atoms with Crippen LogP contribution < -0.4 is 5.32 Å². The van der Waals surface area contributed by atoms with E-state index in [0.29, 0.717) is 36.7 Å². The second-order valence-electron chi connectivity index (χ2n) is 8.16. The van der Waals surface area contributed by atoms with Gasteiger partial charge in [-0.1, -0.05) is 12.1 Å². The first-order chi connectivity index (χ1) is 15.0. The third-order valence-electron chi connectivity index (χ3n) is 6.21. The van der Waals surface area contributed by atoms with E-state index in [1.54, 1.807) is 18.2 Å². The number of anilines is 1. The average molecular weight is 424 g/mol. The van der Waals surface area contributed by atoms with E-state index in [9.17, 15) is 18.8 Å². The van der Waals surface area contributed by atoms with Crippen LogP contribution in [0.25, 0.3) is 0 Å². The molecule has 4 rings (SSSR count). The summed E-state index contributed by atoms with van der Waals surface area (Å²) in [5.74, 6) is -1.97. The highest BCUT2D eigenvalue weighted by Gasteiger charge is 2.34. The number of likely N-dealkylation sites (tertiary alicyclic amines) is 1. The zero-order chi connectivity index (χ0) is 22.0. The van der Waals surface area contributed by atoms with Gasteiger partial charge in [-0.25, -0.2) is 9.18 Å². The van der Waals surface area contributed by atoms with Crippen LogP contribution in [0.2, 0.25) is 0 Å². The second-order valence-corrected chi connectivity index (χ2v) is 8.16. The van der Waals surface area contributed by atoms with Gasteiger partial charge in [0.05, 0.1) is 13.0 Å². The number of ketones is 1. The molecule has 2 aliphatic heterocycles. The quantitative estimate of drug-likeness (QED) is 0.590. The molecule has 0 radical (unpaired) electrons. The molecule has 2 aromatic carbocycles. The minimum absolute atomic E-state index is 0.0702. The van der Waals surface area contributed by atoms with Crippen molar-refractivity contribution in [1.82, 2.24) is 4.90 Å². The van der Waals surface area contributed by atoms with Crippen molar-refractivity contribution < 1.29 is 23.5 Å². The number of esters is 1. The summed E-state index contributed by atoms with van der Waals surface area (Å²) in [5, 5.41) is 3.11. The van der Waals surface area contributed by atoms with Crippen molar-refractivity contribution >= 4 is 23.3 Å². The molecule has 2 aromatic rings. The Morgan fingerprint density at radius 1 is 1.10 bits per heavy atom. The first-order valence-electron chi connectivity index (χ1n) is 10.5. The molecule has 1 saturated heterocycles. The van der Waals surface area contributed by atoms with Gasteiger partial charge in [-0.15, -0.1) is 0 Å². The zero-order valence-electron chi connectivity index (χ0n) is 17.4. The highest BCUT2D eigenvalue weighted by molar-refractivity contribution is 6.36. The number of piperidine rings is 1. The lowest BCUT2D eigenvalue weighted by Gasteiger charge is -2.32. The van der Waals surface area contributed by atoms with Gasteiger partial charge in [-0.05, 0) is 66.6 Å². The van der Waals surface area contributed by atoms with Crippen molar-refractivity contribution in [3.63, 3.8) is 0 Å². The summed E-state index contributed by atoms with van der Waals surface area (Å²) in [5.41, 5.74) is 3.05. The molecule has 0 aromatic heterocycles. The summed E-state index contributed by atoms with van der Waals surface area (Å²) in [6, 6.07) is 11.9. The molecular formula is C24H25FN2O4. The Bertz CT molecular complexity index is 997. The van der Waals surface area contributed by atoms with Crippen molar-refractivity contribution in [2.75, 3.05) is 32.1 Å². The van der Waals surface area contributed by atoms with Crippen LogP contribution in [-0.4, -0.2) is 49.3 Å². The number of halogens is 1. The summed E-state index contributed by atoms with van der Waals surface area (Å²) >= 11 is 0. The summed E-state index contributed by atoms with van der Waals surface area (Å²) in [6.07, 6.45) is 2.66. The number of carbonyl (C=O) groups excluding carboxylic acids is 3. The molecule has 0 aliphatic carbocycles. The van der Waals surface area contributed by atoms with Crippen LogP contribution in [0, 0.1) is 11.7 Å². The molecule has 1 unspecified atom stereocenters. The molecule has 7 heteroatoms. The lowest BCUT2D eigenvalue weighted by molar-refractivity contribution is -0.152. The predicted molar refractivity (Wildman–Crippen MR) is 113 cm³/mol. The Hall–Kier alpha value is -3.22. The van der Waals surface area contributed by atoms with Crippen LogP contribution in [0.5, 0.6) is 0 Å². The standard InChI is InChI=1S/C24H25FN2O4/c1-31-24(30)22(28)20-14-26-21-7-4-17(13-19(20)21)23(29)27-10-8-16(9-11-27)12-15-2-5-18(25)6-3-15/h2-7,13,16,20,26H,8-12,14H2,1H3. The Morgan fingerprint density at radius 2 is 1.81 bits per heavy atom. The molecule has 31 heavy (non-hydrogen) atoms. The molecule has 1 fully saturated rings. The van der Waals surface area contributed by atoms with Crippen LogP contribution in [-0.2, 0) is 20.7 Å². The number of nitrogens with zero attached hydrogens (tertiary/aromatic N) is 1. The normalized spacial score (nSPS) is 18.3. The number of hydrogen-bond donors (Lipinski definition) is 1. The molecule has 1 N–H and O–H groups in total. The van der Waals surface area contributed by atoms with Crippen molar-refractivity contribution in [3.05, 3.63) is 65.0 Å². The maximum Gasteiger partial charge on any atom is 0.375 e. The molecule has 0 spiro atoms. The van der Waals surface area contributed by atoms with Crippen LogP contribution in [0.1, 0.15) is 40.2 Å². The van der Waals surface area contributed by atoms with E-state index in [2.05, 4.69) is 10.1 Å². The number of nitrogens with one attached hydrogen (secondary N) is 1. The number of ether oxygens (including phenoxy) is 1. The van der Waals surface area contributed by atoms with Gasteiger partial charge in [-0.2, -0.15) is 0 Å². The number of rotatable bonds is 5. The van der Waals surface area contributed by atoms with E-state index in [1.807, 2.05) is 17.0 Å². The lowest BCUT2D eigenvalue weighted by atomic mass is 9.89. The Labute approximate surface area is 180 Å². The first-order valence-corrected chi connectivity index (χ1v) is 10.5. The molecule has 1 amide bonds. The van der Waals surface area contributed by atoms with Gasteiger partial charge < -0.3 is 15.0 Å². The van der Waals surface area contributed by atoms with E-state index >= 15 is 0 Å². The number of carbonyl (C=O) groups is 3. The fourth-order valence-corrected chi connectivity index (χ4v) is 4.42. The van der Waals surface area contributed by atoms with Gasteiger partial charge in [0.25, 0.3) is 5.91 Å². The summed E-state index contributed by atoms with van der Waals surface area (Å²) in [6.45, 7) is 1.63. The molecular weight excluding hydrogens is 399 g/mol. The van der Waals surface area contributed by atoms with Crippen molar-refractivity contribution in [1.29, 1.82) is 0 Å². The minimum atomic E-state index is -0.875. The van der Waals surface area contributed by atoms with Crippen molar-refractivity contribution in [3.8, 4) is 0 Å². The SMILES string of the molecule is COC(=O)C(=O)C1CNc2ccc(C(=O)N3CCC(Cc4ccc(F)cc4)CC3)cc21. The minimum Gasteiger partial charge on any atom is -0.463 e. The van der Waals surface area contributed by atoms with Crippen LogP contribution >= 0.6 is 0 Å². The van der Waals surface area contributed by atoms with Gasteiger partial charge in [0.1, 0.15) is 5.82 Å². The monoisotopic (exact) mass is 424 g/mol. The van der Waals surface area contributed by atoms with Crippen molar-refractivity contribution in [2.45, 2.75) is 25.2 Å². The van der Waals surface area contributed by atoms with Crippen LogP contribution in [0.15, 0.2) is 42.5 Å². The smallest absolute Gasteiger partial charge is 0.375 e. The van der Waals surface area contributed by atoms with E-state index in [1.165, 1.54) is 19.2 Å². The van der Waals surface area contributed by atoms with E-state index in [-0.39, 0.29) is 11.7 Å². The number of hydrogen-bond acceptors (Lipinski definition) is 5. The number of benzene rings is 2. The molecule has 0 bridgehead atoms. The predicted octanol–water partition coefficient (Wildman–Crippen LogP) is 3.17. The Kier molecular flexibility index (Phi) is 6.02. The first kappa shape index (κ1) is 21.0. The van der Waals surface area contributed by atoms with Gasteiger partial charge in [0, 0.05) is 30.9 Å². The maximum atomic E-state index is 13.1. The summed E-state index contributed by atoms with van der Waals surface area (Å²) < 4.78 is 17.6. The van der Waals surface area contributed by atoms with E-state index in [0.717, 1.165) is 30.5 Å². The van der Waals surface area contributed by atoms with Crippen LogP contribution in [0.3, 0.4) is 0 Å². The second kappa shape index (κ2) is 8.88. The third kappa shape index (κ3) is 4.45. The molecule has 6 nitrogen and oxygen atoms in total. The maximum absolute atomic E-state index is 13.1. The fourth-order valence-electron chi connectivity index (χ4n) is 4.42. The highest BCUT2D eigenvalue weighted by Crippen LogP contribution is 2.34. The van der Waals surface area contributed by atoms with Crippen molar-refractivity contribution in [2.24, 2.45) is 5.92 Å². The average Bonchev–Trinajstić information content (AvgIpc) is 3.23. The van der Waals surface area contributed by atoms with E-state index < -0.39 is 17.7 Å². The topological polar surface area (TPSA) is 75.7 Å². The van der Waals surface area contributed by atoms with E-state index in [4.69, 9.17) is 0 Å². The number of methoxy groups -OCH3 is 1. The third-order valence-corrected chi connectivity index (χ3v) is 6.21. The number of Topliss-reactive ketones (excluding diaryl/α,β-unsaturated/α-hetero) is 1. The molecule has 162 valence electrons. The Balaban J connectivity index is 1.40. The highest BCUT2D eigenvalue weighted by atomic mass is 19.1. The molecule has 0 saturated carbocycles. The molecule has 2 aliphatic rings. The summed E-state index contributed by atoms with van der Waals surface area (Å²) in [4.78, 5) is 38.8. The zero-order valence-corrected chi connectivity index (χ0v) is 17.4. The Morgan fingerprint density at radius 3 is 2.48 bits per heavy atom. The summed E-state index contributed by atoms with van der Waals surface area (Å²) in [7, 11) is 1.18. The van der Waals surface area contributed by atoms with Crippen LogP contribution in [0.4, 0.5) is 10.1 Å². The van der Waals surface area contributed by atoms with Gasteiger partial charge in [0.2, 0.25) is 5.78 Å². The van der Waals surface area contributed by atoms with Gasteiger partial charge >= 0.3 is 5.97 Å². The molecule has 1 atom stereocenters. The molecule has 2 heterocycles. The number of fused-ring (bicyclic) bond motifs is 1. The largest absolute Gasteiger partial charge is 0.463 e.